The minimum absolute atomic E-state index is 0.0291. The number of carbonyl (C=O) groups is 2. The van der Waals surface area contributed by atoms with Gasteiger partial charge in [-0.3, -0.25) is 9.59 Å². The second-order valence-corrected chi connectivity index (χ2v) is 8.38. The zero-order valence-electron chi connectivity index (χ0n) is 17.7. The quantitative estimate of drug-likeness (QED) is 0.714. The number of likely N-dealkylation sites (tertiary alicyclic amines) is 1. The van der Waals surface area contributed by atoms with Gasteiger partial charge in [-0.1, -0.05) is 13.8 Å². The third-order valence-corrected chi connectivity index (χ3v) is 6.01. The van der Waals surface area contributed by atoms with Crippen LogP contribution < -0.4 is 10.1 Å². The Kier molecular flexibility index (Phi) is 7.53. The molecule has 3 rings (SSSR count). The third-order valence-electron chi connectivity index (χ3n) is 6.01. The predicted molar refractivity (Wildman–Crippen MR) is 113 cm³/mol. The van der Waals surface area contributed by atoms with Crippen molar-refractivity contribution < 1.29 is 19.1 Å². The molecule has 1 heterocycles. The van der Waals surface area contributed by atoms with Crippen LogP contribution in [0.15, 0.2) is 24.3 Å². The number of anilines is 1. The van der Waals surface area contributed by atoms with Gasteiger partial charge in [-0.2, -0.15) is 0 Å². The van der Waals surface area contributed by atoms with Gasteiger partial charge in [0.1, 0.15) is 11.4 Å². The van der Waals surface area contributed by atoms with Crippen molar-refractivity contribution in [2.24, 2.45) is 5.92 Å². The minimum atomic E-state index is -0.722. The number of amides is 2. The number of hydrogen-bond acceptors (Lipinski definition) is 4. The molecule has 0 bridgehead atoms. The van der Waals surface area contributed by atoms with Crippen molar-refractivity contribution in [2.75, 3.05) is 31.6 Å². The van der Waals surface area contributed by atoms with Crippen molar-refractivity contribution in [1.82, 2.24) is 4.90 Å². The first-order valence-electron chi connectivity index (χ1n) is 11.0. The molecule has 0 unspecified atom stereocenters. The van der Waals surface area contributed by atoms with Crippen LogP contribution in [0, 0.1) is 5.92 Å². The summed E-state index contributed by atoms with van der Waals surface area (Å²) in [6.07, 6.45) is 6.58. The lowest BCUT2D eigenvalue weighted by Crippen LogP contribution is -2.48. The number of nitrogens with one attached hydrogen (secondary N) is 1. The molecule has 2 aliphatic rings. The Morgan fingerprint density at radius 1 is 1.14 bits per heavy atom. The first-order chi connectivity index (χ1) is 14.0. The Morgan fingerprint density at radius 3 is 2.41 bits per heavy atom. The smallest absolute Gasteiger partial charge is 0.260 e. The fourth-order valence-electron chi connectivity index (χ4n) is 4.05. The van der Waals surface area contributed by atoms with E-state index in [0.717, 1.165) is 58.0 Å². The van der Waals surface area contributed by atoms with Crippen molar-refractivity contribution >= 4 is 17.5 Å². The Morgan fingerprint density at radius 2 is 1.79 bits per heavy atom. The van der Waals surface area contributed by atoms with Crippen LogP contribution in [0.1, 0.15) is 58.8 Å². The maximum Gasteiger partial charge on any atom is 0.260 e. The molecule has 1 saturated heterocycles. The summed E-state index contributed by atoms with van der Waals surface area (Å²) in [6.45, 7) is 6.60. The molecular formula is C23H34N2O4. The lowest BCUT2D eigenvalue weighted by Gasteiger charge is -2.38. The standard InChI is InChI=1S/C23H34N2O4/c1-3-16-29-23(12-10-18(2)11-13-23)22(27)24-19-6-8-20(9-7-19)28-17-21(26)25-14-4-5-15-25/h6-9,18H,3-5,10-17H2,1-2H3,(H,24,27). The second kappa shape index (κ2) is 10.1. The van der Waals surface area contributed by atoms with Crippen LogP contribution in [-0.4, -0.2) is 48.6 Å². The van der Waals surface area contributed by atoms with Crippen molar-refractivity contribution in [2.45, 2.75) is 64.4 Å². The largest absolute Gasteiger partial charge is 0.484 e. The zero-order valence-corrected chi connectivity index (χ0v) is 17.7. The molecule has 1 aliphatic carbocycles. The molecule has 2 fully saturated rings. The van der Waals surface area contributed by atoms with Gasteiger partial charge in [0.15, 0.2) is 6.61 Å². The van der Waals surface area contributed by atoms with Gasteiger partial charge in [0.05, 0.1) is 0 Å². The van der Waals surface area contributed by atoms with Crippen LogP contribution in [0.4, 0.5) is 5.69 Å². The maximum atomic E-state index is 13.0. The lowest BCUT2D eigenvalue weighted by molar-refractivity contribution is -0.147. The zero-order chi connectivity index (χ0) is 20.7. The summed E-state index contributed by atoms with van der Waals surface area (Å²) >= 11 is 0. The number of nitrogens with zero attached hydrogens (tertiary/aromatic N) is 1. The Bertz CT molecular complexity index is 669. The molecule has 0 spiro atoms. The van der Waals surface area contributed by atoms with E-state index < -0.39 is 5.60 Å². The van der Waals surface area contributed by atoms with E-state index >= 15 is 0 Å². The normalized spacial score (nSPS) is 24.3. The molecule has 29 heavy (non-hydrogen) atoms. The Hall–Kier alpha value is -2.08. The summed E-state index contributed by atoms with van der Waals surface area (Å²) < 4.78 is 11.7. The van der Waals surface area contributed by atoms with E-state index in [9.17, 15) is 9.59 Å². The SMILES string of the molecule is CCCOC1(C(=O)Nc2ccc(OCC(=O)N3CCCC3)cc2)CCC(C)CC1. The van der Waals surface area contributed by atoms with Crippen molar-refractivity contribution in [3.63, 3.8) is 0 Å². The summed E-state index contributed by atoms with van der Waals surface area (Å²) in [7, 11) is 0. The van der Waals surface area contributed by atoms with Gasteiger partial charge in [0.2, 0.25) is 0 Å². The van der Waals surface area contributed by atoms with Crippen molar-refractivity contribution in [3.8, 4) is 5.75 Å². The first kappa shape index (κ1) is 21.6. The van der Waals surface area contributed by atoms with Crippen LogP contribution in [0.5, 0.6) is 5.75 Å². The van der Waals surface area contributed by atoms with Crippen molar-refractivity contribution in [3.05, 3.63) is 24.3 Å². The van der Waals surface area contributed by atoms with E-state index in [4.69, 9.17) is 9.47 Å². The van der Waals surface area contributed by atoms with Gasteiger partial charge in [0.25, 0.3) is 11.8 Å². The fourth-order valence-corrected chi connectivity index (χ4v) is 4.05. The summed E-state index contributed by atoms with van der Waals surface area (Å²) in [5.74, 6) is 1.23. The Balaban J connectivity index is 1.54. The molecule has 1 N–H and O–H groups in total. The van der Waals surface area contributed by atoms with E-state index in [0.29, 0.717) is 24.0 Å². The summed E-state index contributed by atoms with van der Waals surface area (Å²) in [5, 5.41) is 3.02. The van der Waals surface area contributed by atoms with Gasteiger partial charge in [-0.25, -0.2) is 0 Å². The maximum absolute atomic E-state index is 13.0. The molecule has 160 valence electrons. The van der Waals surface area contributed by atoms with E-state index in [2.05, 4.69) is 19.2 Å². The van der Waals surface area contributed by atoms with Gasteiger partial charge in [-0.05, 0) is 75.1 Å². The average molecular weight is 403 g/mol. The number of rotatable bonds is 8. The fraction of sp³-hybridized carbons (Fsp3) is 0.652. The van der Waals surface area contributed by atoms with E-state index in [1.807, 2.05) is 17.0 Å². The number of ether oxygens (including phenoxy) is 2. The van der Waals surface area contributed by atoms with Gasteiger partial charge in [-0.15, -0.1) is 0 Å². The number of benzene rings is 1. The minimum Gasteiger partial charge on any atom is -0.484 e. The predicted octanol–water partition coefficient (Wildman–Crippen LogP) is 4.00. The molecule has 6 heteroatoms. The number of carbonyl (C=O) groups excluding carboxylic acids is 2. The highest BCUT2D eigenvalue weighted by Crippen LogP contribution is 2.36. The van der Waals surface area contributed by atoms with Gasteiger partial charge < -0.3 is 19.7 Å². The molecule has 1 aromatic rings. The Labute approximate surface area is 173 Å². The molecule has 0 atom stereocenters. The van der Waals surface area contributed by atoms with E-state index in [-0.39, 0.29) is 18.4 Å². The first-order valence-corrected chi connectivity index (χ1v) is 11.0. The van der Waals surface area contributed by atoms with Crippen LogP contribution in [0.2, 0.25) is 0 Å². The van der Waals surface area contributed by atoms with Crippen LogP contribution in [-0.2, 0) is 14.3 Å². The molecule has 2 amide bonds. The number of hydrogen-bond donors (Lipinski definition) is 1. The molecule has 1 aliphatic heterocycles. The monoisotopic (exact) mass is 402 g/mol. The highest BCUT2D eigenvalue weighted by molar-refractivity contribution is 5.97. The third kappa shape index (κ3) is 5.72. The highest BCUT2D eigenvalue weighted by atomic mass is 16.5. The molecular weight excluding hydrogens is 368 g/mol. The van der Waals surface area contributed by atoms with Gasteiger partial charge in [0, 0.05) is 25.4 Å². The van der Waals surface area contributed by atoms with E-state index in [1.54, 1.807) is 12.1 Å². The second-order valence-electron chi connectivity index (χ2n) is 8.38. The van der Waals surface area contributed by atoms with Gasteiger partial charge >= 0.3 is 0 Å². The highest BCUT2D eigenvalue weighted by Gasteiger charge is 2.42. The van der Waals surface area contributed by atoms with Crippen LogP contribution in [0.3, 0.4) is 0 Å². The average Bonchev–Trinajstić information content (AvgIpc) is 3.28. The molecule has 6 nitrogen and oxygen atoms in total. The summed E-state index contributed by atoms with van der Waals surface area (Å²) in [6, 6.07) is 7.20. The molecule has 0 radical (unpaired) electrons. The van der Waals surface area contributed by atoms with Crippen LogP contribution >= 0.6 is 0 Å². The molecule has 1 aromatic carbocycles. The topological polar surface area (TPSA) is 67.9 Å². The van der Waals surface area contributed by atoms with E-state index in [1.165, 1.54) is 0 Å². The lowest BCUT2D eigenvalue weighted by atomic mass is 9.78. The molecule has 1 saturated carbocycles. The summed E-state index contributed by atoms with van der Waals surface area (Å²) in [5.41, 5.74) is -0.00820. The molecule has 0 aromatic heterocycles. The summed E-state index contributed by atoms with van der Waals surface area (Å²) in [4.78, 5) is 27.0. The van der Waals surface area contributed by atoms with Crippen molar-refractivity contribution in [1.29, 1.82) is 0 Å². The van der Waals surface area contributed by atoms with Crippen LogP contribution in [0.25, 0.3) is 0 Å².